The Bertz CT molecular complexity index is 519. The Balaban J connectivity index is 2.42. The van der Waals surface area contributed by atoms with E-state index in [4.69, 9.17) is 23.7 Å². The van der Waals surface area contributed by atoms with Gasteiger partial charge in [-0.1, -0.05) is 0 Å². The van der Waals surface area contributed by atoms with Crippen LogP contribution < -0.4 is 0 Å². The van der Waals surface area contributed by atoms with Gasteiger partial charge < -0.3 is 23.7 Å². The molecule has 1 aromatic rings. The third kappa shape index (κ3) is 4.51. The first-order valence-corrected chi connectivity index (χ1v) is 7.23. The first-order valence-electron chi connectivity index (χ1n) is 7.23. The number of esters is 2. The van der Waals surface area contributed by atoms with Gasteiger partial charge in [-0.15, -0.1) is 0 Å². The number of hydrogen-bond donors (Lipinski definition) is 0. The van der Waals surface area contributed by atoms with Gasteiger partial charge in [-0.05, 0) is 23.3 Å². The van der Waals surface area contributed by atoms with E-state index in [2.05, 4.69) is 0 Å². The summed E-state index contributed by atoms with van der Waals surface area (Å²) in [5.41, 5.74) is 1.82. The van der Waals surface area contributed by atoms with Gasteiger partial charge in [-0.3, -0.25) is 0 Å². The molecule has 23 heavy (non-hydrogen) atoms. The number of ether oxygens (including phenoxy) is 5. The zero-order chi connectivity index (χ0) is 16.7. The van der Waals surface area contributed by atoms with Crippen molar-refractivity contribution in [2.75, 3.05) is 40.6 Å². The van der Waals surface area contributed by atoms with E-state index in [-0.39, 0.29) is 24.3 Å². The van der Waals surface area contributed by atoms with E-state index in [0.717, 1.165) is 11.1 Å². The summed E-state index contributed by atoms with van der Waals surface area (Å²) in [6, 6.07) is 3.19. The molecule has 0 N–H and O–H groups in total. The third-order valence-corrected chi connectivity index (χ3v) is 3.41. The van der Waals surface area contributed by atoms with Gasteiger partial charge in [-0.2, -0.15) is 0 Å². The van der Waals surface area contributed by atoms with Crippen LogP contribution in [-0.2, 0) is 36.9 Å². The first kappa shape index (κ1) is 17.4. The van der Waals surface area contributed by atoms with E-state index in [1.807, 2.05) is 0 Å². The summed E-state index contributed by atoms with van der Waals surface area (Å²) in [5.74, 6) is -1.21. The number of carbonyl (C=O) groups excluding carboxylic acids is 2. The maximum Gasteiger partial charge on any atom is 0.338 e. The SMILES string of the molecule is COC(=O)c1cc2c(cc1C(=O)OC)COCCOCCOC2. The number of hydrogen-bond acceptors (Lipinski definition) is 7. The Hall–Kier alpha value is -1.96. The number of rotatable bonds is 2. The van der Waals surface area contributed by atoms with Crippen LogP contribution in [0.25, 0.3) is 0 Å². The molecule has 2 rings (SSSR count). The number of fused-ring (bicyclic) bond motifs is 1. The van der Waals surface area contributed by atoms with Crippen LogP contribution in [0.1, 0.15) is 31.8 Å². The highest BCUT2D eigenvalue weighted by Crippen LogP contribution is 2.21. The Morgan fingerprint density at radius 3 is 1.57 bits per heavy atom. The monoisotopic (exact) mass is 324 g/mol. The molecule has 1 aliphatic heterocycles. The van der Waals surface area contributed by atoms with Crippen LogP contribution in [-0.4, -0.2) is 52.6 Å². The third-order valence-electron chi connectivity index (χ3n) is 3.41. The van der Waals surface area contributed by atoms with Crippen molar-refractivity contribution in [3.63, 3.8) is 0 Å². The fourth-order valence-corrected chi connectivity index (χ4v) is 2.22. The highest BCUT2D eigenvalue weighted by Gasteiger charge is 2.22. The largest absolute Gasteiger partial charge is 0.465 e. The number of carbonyl (C=O) groups is 2. The lowest BCUT2D eigenvalue weighted by molar-refractivity contribution is 0.0128. The summed E-state index contributed by atoms with van der Waals surface area (Å²) in [5, 5.41) is 0. The van der Waals surface area contributed by atoms with Crippen LogP contribution in [0.2, 0.25) is 0 Å². The topological polar surface area (TPSA) is 80.3 Å². The zero-order valence-electron chi connectivity index (χ0n) is 13.3. The molecule has 0 radical (unpaired) electrons. The van der Waals surface area contributed by atoms with Crippen molar-refractivity contribution in [3.8, 4) is 0 Å². The Labute approximate surface area is 134 Å². The fourth-order valence-electron chi connectivity index (χ4n) is 2.22. The normalized spacial score (nSPS) is 15.9. The molecule has 0 spiro atoms. The fraction of sp³-hybridized carbons (Fsp3) is 0.500. The molecule has 0 unspecified atom stereocenters. The van der Waals surface area contributed by atoms with Crippen molar-refractivity contribution in [1.82, 2.24) is 0 Å². The van der Waals surface area contributed by atoms with E-state index in [1.165, 1.54) is 14.2 Å². The highest BCUT2D eigenvalue weighted by molar-refractivity contribution is 6.03. The molecular weight excluding hydrogens is 304 g/mol. The maximum atomic E-state index is 12.0. The summed E-state index contributed by atoms with van der Waals surface area (Å²) in [6.07, 6.45) is 0. The van der Waals surface area contributed by atoms with Gasteiger partial charge in [0.1, 0.15) is 0 Å². The molecule has 0 aliphatic carbocycles. The molecular formula is C16H20O7. The average molecular weight is 324 g/mol. The number of methoxy groups -OCH3 is 2. The molecule has 7 nitrogen and oxygen atoms in total. The molecule has 1 aliphatic rings. The molecule has 0 saturated heterocycles. The quantitative estimate of drug-likeness (QED) is 0.759. The second-order valence-corrected chi connectivity index (χ2v) is 4.87. The van der Waals surface area contributed by atoms with Crippen LogP contribution in [0.4, 0.5) is 0 Å². The van der Waals surface area contributed by atoms with Crippen LogP contribution in [0.5, 0.6) is 0 Å². The summed E-state index contributed by atoms with van der Waals surface area (Å²) in [4.78, 5) is 23.9. The summed E-state index contributed by atoms with van der Waals surface area (Å²) >= 11 is 0. The molecule has 0 fully saturated rings. The minimum Gasteiger partial charge on any atom is -0.465 e. The number of benzene rings is 1. The summed E-state index contributed by atoms with van der Waals surface area (Å²) in [6.45, 7) is 2.39. The van der Waals surface area contributed by atoms with E-state index in [9.17, 15) is 9.59 Å². The van der Waals surface area contributed by atoms with Crippen molar-refractivity contribution in [3.05, 3.63) is 34.4 Å². The van der Waals surface area contributed by atoms with E-state index >= 15 is 0 Å². The van der Waals surface area contributed by atoms with Gasteiger partial charge in [0.25, 0.3) is 0 Å². The molecule has 1 heterocycles. The van der Waals surface area contributed by atoms with Gasteiger partial charge >= 0.3 is 11.9 Å². The van der Waals surface area contributed by atoms with Gasteiger partial charge in [0.2, 0.25) is 0 Å². The molecule has 0 bridgehead atoms. The molecule has 7 heteroatoms. The molecule has 0 atom stereocenters. The van der Waals surface area contributed by atoms with Crippen LogP contribution in [0, 0.1) is 0 Å². The minimum atomic E-state index is -0.605. The van der Waals surface area contributed by atoms with Gasteiger partial charge in [-0.25, -0.2) is 9.59 Å². The van der Waals surface area contributed by atoms with Crippen LogP contribution in [0.15, 0.2) is 12.1 Å². The van der Waals surface area contributed by atoms with Gasteiger partial charge in [0, 0.05) is 0 Å². The van der Waals surface area contributed by atoms with Crippen molar-refractivity contribution in [1.29, 1.82) is 0 Å². The Morgan fingerprint density at radius 1 is 0.783 bits per heavy atom. The van der Waals surface area contributed by atoms with Crippen molar-refractivity contribution < 1.29 is 33.3 Å². The second kappa shape index (κ2) is 8.61. The Morgan fingerprint density at radius 2 is 1.17 bits per heavy atom. The smallest absolute Gasteiger partial charge is 0.338 e. The van der Waals surface area contributed by atoms with Crippen LogP contribution in [0.3, 0.4) is 0 Å². The lowest BCUT2D eigenvalue weighted by Gasteiger charge is -2.14. The van der Waals surface area contributed by atoms with E-state index < -0.39 is 11.9 Å². The summed E-state index contributed by atoms with van der Waals surface area (Å²) in [7, 11) is 2.52. The molecule has 0 saturated carbocycles. The van der Waals surface area contributed by atoms with Gasteiger partial charge in [0.15, 0.2) is 0 Å². The minimum absolute atomic E-state index is 0.146. The lowest BCUT2D eigenvalue weighted by atomic mass is 9.98. The summed E-state index contributed by atoms with van der Waals surface area (Å²) < 4.78 is 25.9. The van der Waals surface area contributed by atoms with E-state index in [1.54, 1.807) is 12.1 Å². The highest BCUT2D eigenvalue weighted by atomic mass is 16.5. The average Bonchev–Trinajstić information content (AvgIpc) is 2.63. The predicted octanol–water partition coefficient (Wildman–Crippen LogP) is 1.32. The lowest BCUT2D eigenvalue weighted by Crippen LogP contribution is -2.15. The maximum absolute atomic E-state index is 12.0. The Kier molecular flexibility index (Phi) is 6.52. The van der Waals surface area contributed by atoms with Crippen molar-refractivity contribution >= 4 is 11.9 Å². The van der Waals surface area contributed by atoms with Crippen molar-refractivity contribution in [2.24, 2.45) is 0 Å². The first-order chi connectivity index (χ1) is 11.2. The van der Waals surface area contributed by atoms with Crippen LogP contribution >= 0.6 is 0 Å². The molecule has 126 valence electrons. The van der Waals surface area contributed by atoms with Crippen molar-refractivity contribution in [2.45, 2.75) is 13.2 Å². The molecule has 0 amide bonds. The standard InChI is InChI=1S/C16H20O7/c1-19-15(17)13-7-11-9-22-5-3-21-4-6-23-10-12(11)8-14(13)16(18)20-2/h7-8H,3-6,9-10H2,1-2H3. The van der Waals surface area contributed by atoms with E-state index in [0.29, 0.717) is 26.4 Å². The van der Waals surface area contributed by atoms with Gasteiger partial charge in [0.05, 0.1) is 65.0 Å². The molecule has 0 aromatic heterocycles. The predicted molar refractivity (Wildman–Crippen MR) is 79.3 cm³/mol. The second-order valence-electron chi connectivity index (χ2n) is 4.87. The zero-order valence-corrected chi connectivity index (χ0v) is 13.3. The molecule has 1 aromatic carbocycles.